The summed E-state index contributed by atoms with van der Waals surface area (Å²) < 4.78 is 28.4. The Hall–Kier alpha value is -1.44. The van der Waals surface area contributed by atoms with Crippen LogP contribution in [0.25, 0.3) is 0 Å². The molecule has 150 valence electrons. The van der Waals surface area contributed by atoms with Crippen molar-refractivity contribution in [2.75, 3.05) is 6.54 Å². The van der Waals surface area contributed by atoms with E-state index in [1.165, 1.54) is 6.07 Å². The highest BCUT2D eigenvalue weighted by molar-refractivity contribution is 7.89. The number of rotatable bonds is 6. The number of benzene rings is 1. The highest BCUT2D eigenvalue weighted by Gasteiger charge is 2.27. The van der Waals surface area contributed by atoms with Gasteiger partial charge in [0, 0.05) is 17.6 Å². The summed E-state index contributed by atoms with van der Waals surface area (Å²) in [6.07, 6.45) is 8.04. The molecule has 2 atom stereocenters. The quantitative estimate of drug-likeness (QED) is 0.691. The molecule has 27 heavy (non-hydrogen) atoms. The molecule has 6 nitrogen and oxygen atoms in total. The SMILES string of the molecule is Cc1ccc(C(=O)NC2CCCCC2CN)cc1S(=O)(=O)NC1CCCC1. The number of carbonyl (C=O) groups excluding carboxylic acids is 1. The molecule has 0 spiro atoms. The van der Waals surface area contributed by atoms with Gasteiger partial charge in [-0.25, -0.2) is 13.1 Å². The monoisotopic (exact) mass is 393 g/mol. The lowest BCUT2D eigenvalue weighted by molar-refractivity contribution is 0.0908. The van der Waals surface area contributed by atoms with Gasteiger partial charge in [0.05, 0.1) is 4.90 Å². The van der Waals surface area contributed by atoms with Gasteiger partial charge in [0.2, 0.25) is 10.0 Å². The standard InChI is InChI=1S/C20H31N3O3S/c1-14-10-11-15(20(24)22-18-9-5-2-6-16(18)13-21)12-19(14)27(25,26)23-17-7-3-4-8-17/h10-12,16-18,23H,2-9,13,21H2,1H3,(H,22,24). The summed E-state index contributed by atoms with van der Waals surface area (Å²) in [5.74, 6) is 0.0676. The van der Waals surface area contributed by atoms with Gasteiger partial charge in [-0.05, 0) is 62.8 Å². The first kappa shape index (κ1) is 20.3. The predicted molar refractivity (Wildman–Crippen MR) is 106 cm³/mol. The number of amides is 1. The van der Waals surface area contributed by atoms with Crippen molar-refractivity contribution in [3.63, 3.8) is 0 Å². The molecule has 3 rings (SSSR count). The van der Waals surface area contributed by atoms with Crippen molar-refractivity contribution in [3.05, 3.63) is 29.3 Å². The van der Waals surface area contributed by atoms with Gasteiger partial charge in [0.1, 0.15) is 0 Å². The normalized spacial score (nSPS) is 24.1. The molecular formula is C20H31N3O3S. The second-order valence-corrected chi connectivity index (χ2v) is 9.63. The second kappa shape index (κ2) is 8.71. The molecule has 2 fully saturated rings. The highest BCUT2D eigenvalue weighted by Crippen LogP contribution is 2.25. The van der Waals surface area contributed by atoms with Crippen LogP contribution < -0.4 is 15.8 Å². The van der Waals surface area contributed by atoms with E-state index >= 15 is 0 Å². The number of nitrogens with two attached hydrogens (primary N) is 1. The molecule has 1 aromatic rings. The molecule has 0 heterocycles. The minimum Gasteiger partial charge on any atom is -0.349 e. The van der Waals surface area contributed by atoms with E-state index in [0.29, 0.717) is 23.6 Å². The number of carbonyl (C=O) groups is 1. The van der Waals surface area contributed by atoms with Crippen LogP contribution in [0, 0.1) is 12.8 Å². The van der Waals surface area contributed by atoms with Crippen molar-refractivity contribution in [1.82, 2.24) is 10.0 Å². The number of sulfonamides is 1. The van der Waals surface area contributed by atoms with Crippen LogP contribution in [0.5, 0.6) is 0 Å². The van der Waals surface area contributed by atoms with Crippen LogP contribution in [-0.2, 0) is 10.0 Å². The highest BCUT2D eigenvalue weighted by atomic mass is 32.2. The zero-order chi connectivity index (χ0) is 19.4. The van der Waals surface area contributed by atoms with Crippen LogP contribution in [0.3, 0.4) is 0 Å². The average molecular weight is 394 g/mol. The van der Waals surface area contributed by atoms with Crippen LogP contribution in [0.4, 0.5) is 0 Å². The molecule has 2 aliphatic carbocycles. The fourth-order valence-electron chi connectivity index (χ4n) is 4.29. The maximum atomic E-state index is 12.8. The van der Waals surface area contributed by atoms with E-state index < -0.39 is 10.0 Å². The lowest BCUT2D eigenvalue weighted by atomic mass is 9.84. The second-order valence-electron chi connectivity index (χ2n) is 7.94. The minimum atomic E-state index is -3.63. The van der Waals surface area contributed by atoms with Gasteiger partial charge in [-0.1, -0.05) is 31.7 Å². The van der Waals surface area contributed by atoms with E-state index in [-0.39, 0.29) is 22.9 Å². The first-order chi connectivity index (χ1) is 12.9. The maximum Gasteiger partial charge on any atom is 0.251 e. The van der Waals surface area contributed by atoms with Gasteiger partial charge < -0.3 is 11.1 Å². The Balaban J connectivity index is 1.76. The fraction of sp³-hybridized carbons (Fsp3) is 0.650. The Bertz CT molecular complexity index is 773. The van der Waals surface area contributed by atoms with E-state index in [0.717, 1.165) is 51.4 Å². The molecular weight excluding hydrogens is 362 g/mol. The third-order valence-electron chi connectivity index (χ3n) is 5.95. The smallest absolute Gasteiger partial charge is 0.251 e. The molecule has 4 N–H and O–H groups in total. The third-order valence-corrected chi connectivity index (χ3v) is 7.61. The first-order valence-electron chi connectivity index (χ1n) is 10.0. The van der Waals surface area contributed by atoms with Gasteiger partial charge in [0.25, 0.3) is 5.91 Å². The Labute approximate surface area is 162 Å². The Morgan fingerprint density at radius 3 is 2.48 bits per heavy atom. The topological polar surface area (TPSA) is 101 Å². The van der Waals surface area contributed by atoms with Crippen LogP contribution in [0.2, 0.25) is 0 Å². The molecule has 1 aromatic carbocycles. The summed E-state index contributed by atoms with van der Waals surface area (Å²) in [5, 5.41) is 3.07. The van der Waals surface area contributed by atoms with Gasteiger partial charge >= 0.3 is 0 Å². The zero-order valence-electron chi connectivity index (χ0n) is 16.0. The zero-order valence-corrected chi connectivity index (χ0v) is 16.9. The molecule has 2 unspecified atom stereocenters. The van der Waals surface area contributed by atoms with Gasteiger partial charge in [-0.3, -0.25) is 4.79 Å². The summed E-state index contributed by atoms with van der Waals surface area (Å²) in [4.78, 5) is 12.9. The number of hydrogen-bond acceptors (Lipinski definition) is 4. The lowest BCUT2D eigenvalue weighted by Crippen LogP contribution is -2.44. The van der Waals surface area contributed by atoms with Gasteiger partial charge in [-0.2, -0.15) is 0 Å². The molecule has 0 aliphatic heterocycles. The molecule has 0 saturated heterocycles. The summed E-state index contributed by atoms with van der Waals surface area (Å²) in [6.45, 7) is 2.32. The molecule has 2 saturated carbocycles. The average Bonchev–Trinajstić information content (AvgIpc) is 3.14. The van der Waals surface area contributed by atoms with Crippen molar-refractivity contribution in [1.29, 1.82) is 0 Å². The Morgan fingerprint density at radius 1 is 1.11 bits per heavy atom. The molecule has 7 heteroatoms. The third kappa shape index (κ3) is 4.89. The van der Waals surface area contributed by atoms with E-state index in [1.807, 2.05) is 0 Å². The van der Waals surface area contributed by atoms with Crippen LogP contribution in [-0.4, -0.2) is 33.0 Å². The summed E-state index contributed by atoms with van der Waals surface area (Å²) in [6, 6.07) is 4.97. The Kier molecular flexibility index (Phi) is 6.55. The first-order valence-corrected chi connectivity index (χ1v) is 11.5. The van der Waals surface area contributed by atoms with E-state index in [2.05, 4.69) is 10.0 Å². The number of nitrogens with one attached hydrogen (secondary N) is 2. The van der Waals surface area contributed by atoms with Crippen LogP contribution in [0.1, 0.15) is 67.3 Å². The molecule has 2 aliphatic rings. The summed E-state index contributed by atoms with van der Waals surface area (Å²) in [5.41, 5.74) is 6.88. The summed E-state index contributed by atoms with van der Waals surface area (Å²) in [7, 11) is -3.63. The molecule has 0 aromatic heterocycles. The van der Waals surface area contributed by atoms with E-state index in [1.54, 1.807) is 19.1 Å². The van der Waals surface area contributed by atoms with E-state index in [9.17, 15) is 13.2 Å². The van der Waals surface area contributed by atoms with Crippen molar-refractivity contribution >= 4 is 15.9 Å². The Morgan fingerprint density at radius 2 is 1.78 bits per heavy atom. The lowest BCUT2D eigenvalue weighted by Gasteiger charge is -2.31. The number of hydrogen-bond donors (Lipinski definition) is 3. The van der Waals surface area contributed by atoms with Crippen molar-refractivity contribution in [2.45, 2.75) is 75.3 Å². The predicted octanol–water partition coefficient (Wildman–Crippen LogP) is 2.46. The van der Waals surface area contributed by atoms with Crippen molar-refractivity contribution in [3.8, 4) is 0 Å². The maximum absolute atomic E-state index is 12.8. The molecule has 1 amide bonds. The van der Waals surface area contributed by atoms with Crippen LogP contribution in [0.15, 0.2) is 23.1 Å². The van der Waals surface area contributed by atoms with Crippen molar-refractivity contribution < 1.29 is 13.2 Å². The minimum absolute atomic E-state index is 0.000524. The molecule has 0 radical (unpaired) electrons. The summed E-state index contributed by atoms with van der Waals surface area (Å²) >= 11 is 0. The fourth-order valence-corrected chi connectivity index (χ4v) is 5.86. The largest absolute Gasteiger partial charge is 0.349 e. The van der Waals surface area contributed by atoms with Crippen molar-refractivity contribution in [2.24, 2.45) is 11.7 Å². The molecule has 0 bridgehead atoms. The van der Waals surface area contributed by atoms with Gasteiger partial charge in [0.15, 0.2) is 0 Å². The van der Waals surface area contributed by atoms with Gasteiger partial charge in [-0.15, -0.1) is 0 Å². The van der Waals surface area contributed by atoms with E-state index in [4.69, 9.17) is 5.73 Å². The van der Waals surface area contributed by atoms with Crippen LogP contribution >= 0.6 is 0 Å². The number of aryl methyl sites for hydroxylation is 1.